The van der Waals surface area contributed by atoms with Crippen LogP contribution in [0.2, 0.25) is 0 Å². The zero-order chi connectivity index (χ0) is 16.1. The van der Waals surface area contributed by atoms with E-state index >= 15 is 0 Å². The lowest BCUT2D eigenvalue weighted by Gasteiger charge is -2.11. The van der Waals surface area contributed by atoms with Crippen molar-refractivity contribution in [2.24, 2.45) is 0 Å². The molecule has 5 heteroatoms. The summed E-state index contributed by atoms with van der Waals surface area (Å²) in [7, 11) is 0. The second-order valence-electron chi connectivity index (χ2n) is 5.28. The number of urea groups is 1. The van der Waals surface area contributed by atoms with Gasteiger partial charge in [-0.2, -0.15) is 0 Å². The first kappa shape index (κ1) is 15.1. The summed E-state index contributed by atoms with van der Waals surface area (Å²) in [5, 5.41) is 17.5. The number of hydrogen-bond donors (Lipinski definition) is 3. The number of nitrogens with one attached hydrogen (secondary N) is 2. The first-order valence-corrected chi connectivity index (χ1v) is 7.43. The molecule has 0 radical (unpaired) electrons. The molecule has 118 valence electrons. The zero-order valence-corrected chi connectivity index (χ0v) is 12.5. The standard InChI is InChI=1S/C18H18N2O3/c21-16(17-6-3-9-23-17)12-20-18(22)19-11-13-7-8-14-4-1-2-5-15(14)10-13/h1-10,16,21H,11-12H2,(H2,19,20,22). The Labute approximate surface area is 133 Å². The van der Waals surface area contributed by atoms with Gasteiger partial charge in [0.25, 0.3) is 0 Å². The Kier molecular flexibility index (Phi) is 4.59. The maximum Gasteiger partial charge on any atom is 0.315 e. The average Bonchev–Trinajstić information content (AvgIpc) is 3.12. The first-order chi connectivity index (χ1) is 11.2. The molecule has 3 aromatic rings. The molecule has 3 rings (SSSR count). The molecule has 1 aromatic heterocycles. The van der Waals surface area contributed by atoms with E-state index in [-0.39, 0.29) is 12.6 Å². The maximum atomic E-state index is 11.8. The molecule has 0 fully saturated rings. The van der Waals surface area contributed by atoms with Gasteiger partial charge in [-0.05, 0) is 34.5 Å². The van der Waals surface area contributed by atoms with Crippen molar-refractivity contribution in [3.63, 3.8) is 0 Å². The molecule has 0 spiro atoms. The van der Waals surface area contributed by atoms with Crippen molar-refractivity contribution < 1.29 is 14.3 Å². The zero-order valence-electron chi connectivity index (χ0n) is 12.5. The van der Waals surface area contributed by atoms with E-state index in [1.165, 1.54) is 11.6 Å². The second kappa shape index (κ2) is 6.98. The third-order valence-electron chi connectivity index (χ3n) is 3.59. The number of aliphatic hydroxyl groups excluding tert-OH is 1. The molecule has 1 unspecified atom stereocenters. The van der Waals surface area contributed by atoms with Crippen LogP contribution in [0.5, 0.6) is 0 Å². The topological polar surface area (TPSA) is 74.5 Å². The van der Waals surface area contributed by atoms with Crippen LogP contribution in [0, 0.1) is 0 Å². The van der Waals surface area contributed by atoms with Crippen molar-refractivity contribution in [1.29, 1.82) is 0 Å². The van der Waals surface area contributed by atoms with Gasteiger partial charge < -0.3 is 20.2 Å². The monoisotopic (exact) mass is 310 g/mol. The number of benzene rings is 2. The van der Waals surface area contributed by atoms with Crippen LogP contribution in [0.3, 0.4) is 0 Å². The molecule has 0 aliphatic carbocycles. The summed E-state index contributed by atoms with van der Waals surface area (Å²) in [6.45, 7) is 0.518. The summed E-state index contributed by atoms with van der Waals surface area (Å²) >= 11 is 0. The van der Waals surface area contributed by atoms with Gasteiger partial charge in [0.05, 0.1) is 12.8 Å². The summed E-state index contributed by atoms with van der Waals surface area (Å²) in [6, 6.07) is 17.2. The van der Waals surface area contributed by atoms with E-state index < -0.39 is 6.10 Å². The lowest BCUT2D eigenvalue weighted by Crippen LogP contribution is -2.37. The Morgan fingerprint density at radius 2 is 1.87 bits per heavy atom. The van der Waals surface area contributed by atoms with Crippen LogP contribution in [0.15, 0.2) is 65.3 Å². The molecule has 1 atom stereocenters. The number of rotatable bonds is 5. The molecule has 2 aromatic carbocycles. The summed E-state index contributed by atoms with van der Waals surface area (Å²) in [5.41, 5.74) is 1.02. The molecule has 2 amide bonds. The van der Waals surface area contributed by atoms with Crippen LogP contribution in [0.25, 0.3) is 10.8 Å². The minimum Gasteiger partial charge on any atom is -0.467 e. The molecule has 0 aliphatic heterocycles. The van der Waals surface area contributed by atoms with E-state index in [2.05, 4.69) is 16.7 Å². The number of aliphatic hydroxyl groups is 1. The number of carbonyl (C=O) groups is 1. The molecular formula is C18H18N2O3. The van der Waals surface area contributed by atoms with Crippen LogP contribution in [-0.4, -0.2) is 17.7 Å². The first-order valence-electron chi connectivity index (χ1n) is 7.43. The number of hydrogen-bond acceptors (Lipinski definition) is 3. The number of amides is 2. The van der Waals surface area contributed by atoms with Gasteiger partial charge in [-0.25, -0.2) is 4.79 Å². The van der Waals surface area contributed by atoms with E-state index in [9.17, 15) is 9.90 Å². The van der Waals surface area contributed by atoms with Crippen LogP contribution in [-0.2, 0) is 6.54 Å². The fourth-order valence-corrected chi connectivity index (χ4v) is 2.36. The highest BCUT2D eigenvalue weighted by atomic mass is 16.4. The predicted octanol–water partition coefficient (Wildman–Crippen LogP) is 2.97. The summed E-state index contributed by atoms with van der Waals surface area (Å²) < 4.78 is 5.08. The minimum atomic E-state index is -0.851. The Morgan fingerprint density at radius 3 is 2.65 bits per heavy atom. The Morgan fingerprint density at radius 1 is 1.04 bits per heavy atom. The van der Waals surface area contributed by atoms with Gasteiger partial charge in [-0.3, -0.25) is 0 Å². The van der Waals surface area contributed by atoms with Crippen molar-refractivity contribution in [2.45, 2.75) is 12.6 Å². The largest absolute Gasteiger partial charge is 0.467 e. The third kappa shape index (κ3) is 3.90. The van der Waals surface area contributed by atoms with Gasteiger partial charge in [-0.1, -0.05) is 36.4 Å². The molecule has 3 N–H and O–H groups in total. The highest BCUT2D eigenvalue weighted by molar-refractivity contribution is 5.83. The maximum absolute atomic E-state index is 11.8. The molecule has 23 heavy (non-hydrogen) atoms. The quantitative estimate of drug-likeness (QED) is 0.678. The molecule has 5 nitrogen and oxygen atoms in total. The molecular weight excluding hydrogens is 292 g/mol. The van der Waals surface area contributed by atoms with E-state index in [1.54, 1.807) is 12.1 Å². The number of fused-ring (bicyclic) bond motifs is 1. The van der Waals surface area contributed by atoms with Gasteiger partial charge in [0.15, 0.2) is 0 Å². The summed E-state index contributed by atoms with van der Waals surface area (Å²) in [4.78, 5) is 11.8. The highest BCUT2D eigenvalue weighted by Crippen LogP contribution is 2.15. The number of carbonyl (C=O) groups excluding carboxylic acids is 1. The van der Waals surface area contributed by atoms with Crippen LogP contribution in [0.4, 0.5) is 4.79 Å². The smallest absolute Gasteiger partial charge is 0.315 e. The van der Waals surface area contributed by atoms with Crippen molar-refractivity contribution in [2.75, 3.05) is 6.54 Å². The fourth-order valence-electron chi connectivity index (χ4n) is 2.36. The Bertz CT molecular complexity index is 784. The Balaban J connectivity index is 1.50. The molecule has 0 bridgehead atoms. The second-order valence-corrected chi connectivity index (χ2v) is 5.28. The van der Waals surface area contributed by atoms with Crippen LogP contribution >= 0.6 is 0 Å². The van der Waals surface area contributed by atoms with E-state index in [1.807, 2.05) is 36.4 Å². The SMILES string of the molecule is O=C(NCc1ccc2ccccc2c1)NCC(O)c1ccco1. The molecule has 0 saturated carbocycles. The van der Waals surface area contributed by atoms with Crippen LogP contribution < -0.4 is 10.6 Å². The van der Waals surface area contributed by atoms with Gasteiger partial charge in [-0.15, -0.1) is 0 Å². The van der Waals surface area contributed by atoms with Crippen molar-refractivity contribution >= 4 is 16.8 Å². The average molecular weight is 310 g/mol. The summed E-state index contributed by atoms with van der Waals surface area (Å²) in [5.74, 6) is 0.430. The van der Waals surface area contributed by atoms with Gasteiger partial charge in [0.2, 0.25) is 0 Å². The van der Waals surface area contributed by atoms with Gasteiger partial charge in [0, 0.05) is 6.54 Å². The van der Waals surface area contributed by atoms with Crippen molar-refractivity contribution in [1.82, 2.24) is 10.6 Å². The van der Waals surface area contributed by atoms with E-state index in [0.29, 0.717) is 12.3 Å². The highest BCUT2D eigenvalue weighted by Gasteiger charge is 2.11. The Hall–Kier alpha value is -2.79. The molecule has 1 heterocycles. The van der Waals surface area contributed by atoms with Gasteiger partial charge in [0.1, 0.15) is 11.9 Å². The lowest BCUT2D eigenvalue weighted by atomic mass is 10.1. The third-order valence-corrected chi connectivity index (χ3v) is 3.59. The minimum absolute atomic E-state index is 0.0943. The fraction of sp³-hybridized carbons (Fsp3) is 0.167. The van der Waals surface area contributed by atoms with E-state index in [0.717, 1.165) is 10.9 Å². The van der Waals surface area contributed by atoms with Crippen molar-refractivity contribution in [3.05, 3.63) is 72.2 Å². The number of furan rings is 1. The molecule has 0 saturated heterocycles. The predicted molar refractivity (Wildman–Crippen MR) is 87.9 cm³/mol. The van der Waals surface area contributed by atoms with Crippen molar-refractivity contribution in [3.8, 4) is 0 Å². The normalized spacial score (nSPS) is 12.0. The lowest BCUT2D eigenvalue weighted by molar-refractivity contribution is 0.148. The molecule has 0 aliphatic rings. The van der Waals surface area contributed by atoms with Gasteiger partial charge >= 0.3 is 6.03 Å². The van der Waals surface area contributed by atoms with Crippen LogP contribution in [0.1, 0.15) is 17.4 Å². The van der Waals surface area contributed by atoms with E-state index in [4.69, 9.17) is 4.42 Å². The summed E-state index contributed by atoms with van der Waals surface area (Å²) in [6.07, 6.45) is 0.634.